The van der Waals surface area contributed by atoms with Gasteiger partial charge in [0.1, 0.15) is 0 Å². The second-order valence-corrected chi connectivity index (χ2v) is 8.60. The summed E-state index contributed by atoms with van der Waals surface area (Å²) in [5, 5.41) is 14.2. The predicted molar refractivity (Wildman–Crippen MR) is 117 cm³/mol. The summed E-state index contributed by atoms with van der Waals surface area (Å²) in [5.41, 5.74) is 9.70. The summed E-state index contributed by atoms with van der Waals surface area (Å²) in [6.07, 6.45) is 1.05. The summed E-state index contributed by atoms with van der Waals surface area (Å²) >= 11 is 1.49. The number of methoxy groups -OCH3 is 1. The molecule has 158 valence electrons. The highest BCUT2D eigenvalue weighted by Crippen LogP contribution is 2.36. The van der Waals surface area contributed by atoms with Crippen molar-refractivity contribution < 1.29 is 9.53 Å². The number of thioether (sulfide) groups is 1. The van der Waals surface area contributed by atoms with E-state index < -0.39 is 0 Å². The van der Waals surface area contributed by atoms with Crippen molar-refractivity contribution in [2.45, 2.75) is 35.3 Å². The number of hydrogen-bond donors (Lipinski definition) is 2. The monoisotopic (exact) mass is 434 g/mol. The lowest BCUT2D eigenvalue weighted by Gasteiger charge is -2.23. The molecule has 3 aromatic rings. The average molecular weight is 435 g/mol. The van der Waals surface area contributed by atoms with Gasteiger partial charge in [0.05, 0.1) is 30.5 Å². The number of nitrogens with one attached hydrogen (secondary N) is 2. The van der Waals surface area contributed by atoms with Crippen LogP contribution >= 0.6 is 11.8 Å². The van der Waals surface area contributed by atoms with E-state index in [1.54, 1.807) is 4.68 Å². The molecule has 3 heterocycles. The van der Waals surface area contributed by atoms with Gasteiger partial charge in [0, 0.05) is 6.04 Å². The molecule has 0 spiro atoms. The summed E-state index contributed by atoms with van der Waals surface area (Å²) in [4.78, 5) is 12.0. The SMILES string of the molecule is COC(=O)CC1Sc2nnc(C3CC(c4ccccc4)NN3)n2N=C1c1ccccc1. The lowest BCUT2D eigenvalue weighted by Crippen LogP contribution is -2.30. The molecule has 5 rings (SSSR count). The molecule has 0 aliphatic carbocycles. The molecule has 0 radical (unpaired) electrons. The van der Waals surface area contributed by atoms with E-state index in [1.165, 1.54) is 24.4 Å². The minimum Gasteiger partial charge on any atom is -0.469 e. The minimum absolute atomic E-state index is 0.0370. The molecule has 3 unspecified atom stereocenters. The van der Waals surface area contributed by atoms with E-state index in [1.807, 2.05) is 48.5 Å². The Hall–Kier alpha value is -3.01. The van der Waals surface area contributed by atoms with E-state index in [2.05, 4.69) is 33.2 Å². The zero-order valence-electron chi connectivity index (χ0n) is 16.9. The number of nitrogens with zero attached hydrogens (tertiary/aromatic N) is 4. The van der Waals surface area contributed by atoms with Gasteiger partial charge >= 0.3 is 5.97 Å². The Balaban J connectivity index is 1.46. The van der Waals surface area contributed by atoms with Crippen molar-refractivity contribution in [1.29, 1.82) is 0 Å². The molecule has 0 bridgehead atoms. The van der Waals surface area contributed by atoms with Gasteiger partial charge in [0.25, 0.3) is 0 Å². The van der Waals surface area contributed by atoms with Crippen LogP contribution < -0.4 is 10.9 Å². The summed E-state index contributed by atoms with van der Waals surface area (Å²) < 4.78 is 6.70. The van der Waals surface area contributed by atoms with Crippen molar-refractivity contribution in [2.75, 3.05) is 7.11 Å². The number of hydrogen-bond acceptors (Lipinski definition) is 8. The Bertz CT molecular complexity index is 1100. The number of carbonyl (C=O) groups excluding carboxylic acids is 1. The summed E-state index contributed by atoms with van der Waals surface area (Å²) in [6.45, 7) is 0. The van der Waals surface area contributed by atoms with Crippen LogP contribution in [0.25, 0.3) is 0 Å². The van der Waals surface area contributed by atoms with Gasteiger partial charge in [-0.3, -0.25) is 4.79 Å². The average Bonchev–Trinajstić information content (AvgIpc) is 3.46. The first-order valence-electron chi connectivity index (χ1n) is 10.1. The molecule has 1 fully saturated rings. The highest BCUT2D eigenvalue weighted by molar-refractivity contribution is 8.00. The van der Waals surface area contributed by atoms with Crippen LogP contribution in [-0.4, -0.2) is 38.9 Å². The first-order chi connectivity index (χ1) is 15.2. The third-order valence-corrected chi connectivity index (χ3v) is 6.60. The predicted octanol–water partition coefficient (Wildman–Crippen LogP) is 2.85. The summed E-state index contributed by atoms with van der Waals surface area (Å²) in [5.74, 6) is 0.472. The third kappa shape index (κ3) is 3.99. The maximum atomic E-state index is 12.0. The van der Waals surface area contributed by atoms with Crippen LogP contribution in [0.5, 0.6) is 0 Å². The van der Waals surface area contributed by atoms with Crippen molar-refractivity contribution in [3.63, 3.8) is 0 Å². The van der Waals surface area contributed by atoms with Crippen LogP contribution in [0.1, 0.15) is 41.9 Å². The van der Waals surface area contributed by atoms with Crippen LogP contribution in [0.2, 0.25) is 0 Å². The van der Waals surface area contributed by atoms with Crippen LogP contribution in [-0.2, 0) is 9.53 Å². The van der Waals surface area contributed by atoms with Crippen molar-refractivity contribution in [2.24, 2.45) is 5.10 Å². The van der Waals surface area contributed by atoms with Crippen LogP contribution in [0, 0.1) is 0 Å². The van der Waals surface area contributed by atoms with E-state index >= 15 is 0 Å². The van der Waals surface area contributed by atoms with Gasteiger partial charge in [-0.25, -0.2) is 10.9 Å². The molecule has 2 N–H and O–H groups in total. The van der Waals surface area contributed by atoms with Crippen molar-refractivity contribution >= 4 is 23.4 Å². The molecule has 0 saturated carbocycles. The van der Waals surface area contributed by atoms with E-state index in [0.717, 1.165) is 23.5 Å². The van der Waals surface area contributed by atoms with Crippen molar-refractivity contribution in [1.82, 2.24) is 25.7 Å². The quantitative estimate of drug-likeness (QED) is 0.597. The fraction of sp³-hybridized carbons (Fsp3) is 0.273. The molecule has 2 aliphatic rings. The zero-order valence-corrected chi connectivity index (χ0v) is 17.7. The van der Waals surface area contributed by atoms with E-state index in [0.29, 0.717) is 5.16 Å². The van der Waals surface area contributed by atoms with E-state index in [9.17, 15) is 4.79 Å². The van der Waals surface area contributed by atoms with E-state index in [-0.39, 0.29) is 29.7 Å². The Morgan fingerprint density at radius 2 is 1.77 bits per heavy atom. The molecule has 1 aromatic heterocycles. The van der Waals surface area contributed by atoms with Gasteiger partial charge in [-0.1, -0.05) is 72.4 Å². The van der Waals surface area contributed by atoms with Gasteiger partial charge in [-0.2, -0.15) is 9.78 Å². The number of carbonyl (C=O) groups is 1. The molecular weight excluding hydrogens is 412 g/mol. The number of aromatic nitrogens is 3. The second-order valence-electron chi connectivity index (χ2n) is 7.43. The molecule has 31 heavy (non-hydrogen) atoms. The Morgan fingerprint density at radius 3 is 2.52 bits per heavy atom. The number of rotatable bonds is 5. The highest BCUT2D eigenvalue weighted by atomic mass is 32.2. The molecular formula is C22H22N6O2S. The number of fused-ring (bicyclic) bond motifs is 1. The number of hydrazine groups is 1. The fourth-order valence-corrected chi connectivity index (χ4v) is 4.96. The number of esters is 1. The second kappa shape index (κ2) is 8.62. The minimum atomic E-state index is -0.276. The molecule has 1 saturated heterocycles. The Labute approximate surface area is 184 Å². The maximum absolute atomic E-state index is 12.0. The topological polar surface area (TPSA) is 93.4 Å². The largest absolute Gasteiger partial charge is 0.469 e. The standard InChI is InChI=1S/C22H22N6O2S/c1-30-19(29)13-18-20(15-10-6-3-7-11-15)27-28-21(25-26-22(28)31-18)17-12-16(23-24-17)14-8-4-2-5-9-14/h2-11,16-18,23-24H,12-13H2,1H3. The third-order valence-electron chi connectivity index (χ3n) is 5.46. The molecule has 2 aromatic carbocycles. The normalized spacial score (nSPS) is 22.6. The van der Waals surface area contributed by atoms with E-state index in [4.69, 9.17) is 9.84 Å². The van der Waals surface area contributed by atoms with Crippen molar-refractivity contribution in [3.05, 3.63) is 77.6 Å². The maximum Gasteiger partial charge on any atom is 0.307 e. The van der Waals surface area contributed by atoms with Gasteiger partial charge in [0.15, 0.2) is 5.82 Å². The molecule has 3 atom stereocenters. The summed E-state index contributed by atoms with van der Waals surface area (Å²) in [7, 11) is 1.40. The fourth-order valence-electron chi connectivity index (χ4n) is 3.87. The Morgan fingerprint density at radius 1 is 1.06 bits per heavy atom. The number of benzene rings is 2. The van der Waals surface area contributed by atoms with Gasteiger partial charge in [-0.15, -0.1) is 10.2 Å². The van der Waals surface area contributed by atoms with Gasteiger partial charge < -0.3 is 4.74 Å². The van der Waals surface area contributed by atoms with Crippen LogP contribution in [0.15, 0.2) is 70.9 Å². The smallest absolute Gasteiger partial charge is 0.307 e. The lowest BCUT2D eigenvalue weighted by molar-refractivity contribution is -0.140. The number of ether oxygens (including phenoxy) is 1. The first kappa shape index (κ1) is 19.9. The van der Waals surface area contributed by atoms with Gasteiger partial charge in [-0.05, 0) is 17.5 Å². The molecule has 0 amide bonds. The molecule has 8 nitrogen and oxygen atoms in total. The van der Waals surface area contributed by atoms with Crippen LogP contribution in [0.4, 0.5) is 0 Å². The highest BCUT2D eigenvalue weighted by Gasteiger charge is 2.35. The Kier molecular flexibility index (Phi) is 5.54. The zero-order chi connectivity index (χ0) is 21.2. The van der Waals surface area contributed by atoms with Crippen molar-refractivity contribution in [3.8, 4) is 0 Å². The summed E-state index contributed by atoms with van der Waals surface area (Å²) in [6, 6.07) is 20.3. The van der Waals surface area contributed by atoms with Gasteiger partial charge in [0.2, 0.25) is 5.16 Å². The van der Waals surface area contributed by atoms with Crippen LogP contribution in [0.3, 0.4) is 0 Å². The first-order valence-corrected chi connectivity index (χ1v) is 11.0. The lowest BCUT2D eigenvalue weighted by atomic mass is 10.0. The molecule has 9 heteroatoms. The molecule has 2 aliphatic heterocycles.